The van der Waals surface area contributed by atoms with Crippen molar-refractivity contribution in [2.24, 2.45) is 0 Å². The van der Waals surface area contributed by atoms with Crippen LogP contribution in [0, 0.1) is 29.9 Å². The van der Waals surface area contributed by atoms with Gasteiger partial charge in [0.2, 0.25) is 0 Å². The first-order valence-corrected chi connectivity index (χ1v) is 8.64. The second kappa shape index (κ2) is 7.93. The first-order chi connectivity index (χ1) is 13.0. The Bertz CT molecular complexity index is 1040. The van der Waals surface area contributed by atoms with E-state index in [9.17, 15) is 13.6 Å². The second-order valence-electron chi connectivity index (χ2n) is 5.50. The first kappa shape index (κ1) is 18.5. The van der Waals surface area contributed by atoms with Crippen LogP contribution >= 0.6 is 11.3 Å². The van der Waals surface area contributed by atoms with E-state index in [1.807, 2.05) is 6.07 Å². The highest BCUT2D eigenvalue weighted by Crippen LogP contribution is 2.31. The molecule has 0 radical (unpaired) electrons. The topological polar surface area (TPSA) is 75.0 Å². The molecule has 0 spiro atoms. The lowest BCUT2D eigenvalue weighted by molar-refractivity contribution is -0.118. The SMILES string of the molecule is Cc1sc(NC(=O)COc2ccccc2C#N)nc1-c1ccc(F)c(F)c1. The molecule has 0 aliphatic heterocycles. The number of ether oxygens (including phenoxy) is 1. The number of thiazole rings is 1. The third-order valence-electron chi connectivity index (χ3n) is 3.60. The van der Waals surface area contributed by atoms with E-state index in [0.29, 0.717) is 27.7 Å². The van der Waals surface area contributed by atoms with Crippen molar-refractivity contribution in [3.05, 3.63) is 64.5 Å². The normalized spacial score (nSPS) is 10.3. The highest BCUT2D eigenvalue weighted by atomic mass is 32.1. The van der Waals surface area contributed by atoms with Crippen LogP contribution in [0.4, 0.5) is 13.9 Å². The highest BCUT2D eigenvalue weighted by Gasteiger charge is 2.14. The maximum atomic E-state index is 13.4. The van der Waals surface area contributed by atoms with Gasteiger partial charge in [0, 0.05) is 10.4 Å². The Hall–Kier alpha value is -3.31. The number of anilines is 1. The van der Waals surface area contributed by atoms with Crippen molar-refractivity contribution < 1.29 is 18.3 Å². The van der Waals surface area contributed by atoms with E-state index in [0.717, 1.165) is 17.0 Å². The van der Waals surface area contributed by atoms with Crippen molar-refractivity contribution >= 4 is 22.4 Å². The van der Waals surface area contributed by atoms with Gasteiger partial charge in [0.15, 0.2) is 23.4 Å². The molecule has 1 aromatic heterocycles. The number of benzene rings is 2. The smallest absolute Gasteiger partial charge is 0.264 e. The molecule has 2 aromatic carbocycles. The van der Waals surface area contributed by atoms with Crippen molar-refractivity contribution in [3.63, 3.8) is 0 Å². The summed E-state index contributed by atoms with van der Waals surface area (Å²) in [6, 6.07) is 12.1. The van der Waals surface area contributed by atoms with Crippen LogP contribution in [0.5, 0.6) is 5.75 Å². The fourth-order valence-electron chi connectivity index (χ4n) is 2.34. The summed E-state index contributed by atoms with van der Waals surface area (Å²) in [6.07, 6.45) is 0. The molecule has 8 heteroatoms. The van der Waals surface area contributed by atoms with E-state index in [4.69, 9.17) is 10.00 Å². The number of hydrogen-bond acceptors (Lipinski definition) is 5. The van der Waals surface area contributed by atoms with Crippen LogP contribution in [-0.2, 0) is 4.79 Å². The molecule has 136 valence electrons. The van der Waals surface area contributed by atoms with Crippen LogP contribution in [0.3, 0.4) is 0 Å². The zero-order chi connectivity index (χ0) is 19.4. The number of nitrogens with one attached hydrogen (secondary N) is 1. The number of nitrogens with zero attached hydrogens (tertiary/aromatic N) is 2. The van der Waals surface area contributed by atoms with Gasteiger partial charge in [-0.25, -0.2) is 13.8 Å². The summed E-state index contributed by atoms with van der Waals surface area (Å²) >= 11 is 1.21. The van der Waals surface area contributed by atoms with Crippen LogP contribution in [-0.4, -0.2) is 17.5 Å². The third-order valence-corrected chi connectivity index (χ3v) is 4.49. The van der Waals surface area contributed by atoms with Crippen LogP contribution in [0.15, 0.2) is 42.5 Å². The zero-order valence-corrected chi connectivity index (χ0v) is 14.9. The lowest BCUT2D eigenvalue weighted by atomic mass is 10.1. The number of amides is 1. The van der Waals surface area contributed by atoms with E-state index in [1.54, 1.807) is 31.2 Å². The minimum atomic E-state index is -0.963. The molecule has 27 heavy (non-hydrogen) atoms. The maximum absolute atomic E-state index is 13.4. The van der Waals surface area contributed by atoms with E-state index in [1.165, 1.54) is 17.4 Å². The standard InChI is InChI=1S/C19H13F2N3O2S/c1-11-18(12-6-7-14(20)15(21)8-12)24-19(27-11)23-17(25)10-26-16-5-3-2-4-13(16)9-22/h2-8H,10H2,1H3,(H,23,24,25). The number of hydrogen-bond donors (Lipinski definition) is 1. The summed E-state index contributed by atoms with van der Waals surface area (Å²) in [5, 5.41) is 11.9. The molecular weight excluding hydrogens is 372 g/mol. The Morgan fingerprint density at radius 2 is 2.04 bits per heavy atom. The quantitative estimate of drug-likeness (QED) is 0.711. The number of carbonyl (C=O) groups is 1. The zero-order valence-electron chi connectivity index (χ0n) is 14.1. The van der Waals surface area contributed by atoms with Gasteiger partial charge in [0.1, 0.15) is 11.8 Å². The summed E-state index contributed by atoms with van der Waals surface area (Å²) in [5.74, 6) is -2.04. The molecule has 0 saturated heterocycles. The van der Waals surface area contributed by atoms with E-state index < -0.39 is 17.5 Å². The van der Waals surface area contributed by atoms with Gasteiger partial charge in [0.05, 0.1) is 11.3 Å². The average Bonchev–Trinajstić information content (AvgIpc) is 3.02. The van der Waals surface area contributed by atoms with Gasteiger partial charge < -0.3 is 4.74 Å². The summed E-state index contributed by atoms with van der Waals surface area (Å²) in [7, 11) is 0. The minimum Gasteiger partial charge on any atom is -0.482 e. The molecule has 5 nitrogen and oxygen atoms in total. The number of rotatable bonds is 5. The predicted octanol–water partition coefficient (Wildman–Crippen LogP) is 4.29. The maximum Gasteiger partial charge on any atom is 0.264 e. The summed E-state index contributed by atoms with van der Waals surface area (Å²) in [4.78, 5) is 17.1. The Labute approximate surface area is 157 Å². The Kier molecular flexibility index (Phi) is 5.43. The lowest BCUT2D eigenvalue weighted by Gasteiger charge is -2.06. The molecular formula is C19H13F2N3O2S. The molecule has 3 aromatic rings. The number of aromatic nitrogens is 1. The Morgan fingerprint density at radius 3 is 2.78 bits per heavy atom. The van der Waals surface area contributed by atoms with Crippen molar-refractivity contribution in [2.75, 3.05) is 11.9 Å². The average molecular weight is 385 g/mol. The molecule has 0 atom stereocenters. The van der Waals surface area contributed by atoms with E-state index in [2.05, 4.69) is 10.3 Å². The minimum absolute atomic E-state index is 0.294. The number of para-hydroxylation sites is 1. The molecule has 1 N–H and O–H groups in total. The van der Waals surface area contributed by atoms with Gasteiger partial charge in [-0.15, -0.1) is 11.3 Å². The van der Waals surface area contributed by atoms with Gasteiger partial charge in [-0.3, -0.25) is 10.1 Å². The monoisotopic (exact) mass is 385 g/mol. The summed E-state index contributed by atoms with van der Waals surface area (Å²) in [5.41, 5.74) is 1.21. The fraction of sp³-hybridized carbons (Fsp3) is 0.105. The van der Waals surface area contributed by atoms with Gasteiger partial charge in [-0.05, 0) is 37.3 Å². The number of nitriles is 1. The molecule has 0 aliphatic rings. The largest absolute Gasteiger partial charge is 0.482 e. The van der Waals surface area contributed by atoms with Gasteiger partial charge >= 0.3 is 0 Å². The Balaban J connectivity index is 1.68. The molecule has 0 fully saturated rings. The number of carbonyl (C=O) groups excluding carboxylic acids is 1. The van der Waals surface area contributed by atoms with E-state index in [-0.39, 0.29) is 6.61 Å². The second-order valence-corrected chi connectivity index (χ2v) is 6.70. The molecule has 0 bridgehead atoms. The van der Waals surface area contributed by atoms with Gasteiger partial charge in [-0.1, -0.05) is 12.1 Å². The van der Waals surface area contributed by atoms with Crippen molar-refractivity contribution in [3.8, 4) is 23.1 Å². The van der Waals surface area contributed by atoms with Crippen molar-refractivity contribution in [2.45, 2.75) is 6.92 Å². The van der Waals surface area contributed by atoms with Crippen LogP contribution < -0.4 is 10.1 Å². The van der Waals surface area contributed by atoms with E-state index >= 15 is 0 Å². The van der Waals surface area contributed by atoms with Crippen LogP contribution in [0.2, 0.25) is 0 Å². The molecule has 1 heterocycles. The Morgan fingerprint density at radius 1 is 1.26 bits per heavy atom. The highest BCUT2D eigenvalue weighted by molar-refractivity contribution is 7.16. The van der Waals surface area contributed by atoms with Crippen molar-refractivity contribution in [1.29, 1.82) is 5.26 Å². The van der Waals surface area contributed by atoms with Crippen LogP contribution in [0.25, 0.3) is 11.3 Å². The predicted molar refractivity (Wildman–Crippen MR) is 97.5 cm³/mol. The summed E-state index contributed by atoms with van der Waals surface area (Å²) < 4.78 is 31.9. The molecule has 0 aliphatic carbocycles. The molecule has 3 rings (SSSR count). The number of halogens is 2. The summed E-state index contributed by atoms with van der Waals surface area (Å²) in [6.45, 7) is 1.47. The third kappa shape index (κ3) is 4.27. The molecule has 0 saturated carbocycles. The van der Waals surface area contributed by atoms with Gasteiger partial charge in [-0.2, -0.15) is 5.26 Å². The molecule has 0 unspecified atom stereocenters. The van der Waals surface area contributed by atoms with Gasteiger partial charge in [0.25, 0.3) is 5.91 Å². The lowest BCUT2D eigenvalue weighted by Crippen LogP contribution is -2.20. The molecule has 1 amide bonds. The fourth-order valence-corrected chi connectivity index (χ4v) is 3.20. The van der Waals surface area contributed by atoms with Crippen molar-refractivity contribution in [1.82, 2.24) is 4.98 Å². The van der Waals surface area contributed by atoms with Crippen LogP contribution in [0.1, 0.15) is 10.4 Å². The number of aryl methyl sites for hydroxylation is 1. The first-order valence-electron chi connectivity index (χ1n) is 7.82.